The molecule has 2 unspecified atom stereocenters. The molecule has 23 heavy (non-hydrogen) atoms. The van der Waals surface area contributed by atoms with Crippen LogP contribution in [0.2, 0.25) is 0 Å². The van der Waals surface area contributed by atoms with Crippen molar-refractivity contribution in [3.8, 4) is 5.75 Å². The third-order valence-electron chi connectivity index (χ3n) is 3.59. The Hall–Kier alpha value is -1.61. The van der Waals surface area contributed by atoms with Crippen molar-refractivity contribution < 1.29 is 18.6 Å². The van der Waals surface area contributed by atoms with Crippen molar-refractivity contribution in [3.63, 3.8) is 0 Å². The Morgan fingerprint density at radius 1 is 1.04 bits per heavy atom. The predicted octanol–water partition coefficient (Wildman–Crippen LogP) is 3.47. The maximum absolute atomic E-state index is 13.4. The molecule has 2 aromatic carbocycles. The third kappa shape index (κ3) is 4.93. The molecule has 2 aromatic rings. The topological polar surface area (TPSA) is 48.1 Å². The molecular formula is C18H21O4P. The van der Waals surface area contributed by atoms with E-state index in [1.165, 1.54) is 0 Å². The summed E-state index contributed by atoms with van der Waals surface area (Å²) in [5.74, 6) is 0.631. The first-order valence-electron chi connectivity index (χ1n) is 7.85. The molecule has 0 amide bonds. The summed E-state index contributed by atoms with van der Waals surface area (Å²) in [6.07, 6.45) is 1.40. The van der Waals surface area contributed by atoms with Gasteiger partial charge in [0.2, 0.25) is 0 Å². The lowest BCUT2D eigenvalue weighted by atomic mass is 10.3. The van der Waals surface area contributed by atoms with Crippen LogP contribution in [-0.4, -0.2) is 32.1 Å². The van der Waals surface area contributed by atoms with Crippen LogP contribution >= 0.6 is 7.37 Å². The third-order valence-corrected chi connectivity index (χ3v) is 6.09. The molecule has 5 heteroatoms. The molecule has 0 bridgehead atoms. The van der Waals surface area contributed by atoms with Gasteiger partial charge in [0, 0.05) is 18.1 Å². The van der Waals surface area contributed by atoms with Gasteiger partial charge in [-0.2, -0.15) is 0 Å². The number of benzene rings is 2. The van der Waals surface area contributed by atoms with Gasteiger partial charge in [-0.1, -0.05) is 36.4 Å². The summed E-state index contributed by atoms with van der Waals surface area (Å²) in [6.45, 7) is 1.98. The number of epoxide rings is 1. The van der Waals surface area contributed by atoms with Crippen molar-refractivity contribution in [3.05, 3.63) is 60.7 Å². The van der Waals surface area contributed by atoms with E-state index in [2.05, 4.69) is 0 Å². The molecule has 122 valence electrons. The van der Waals surface area contributed by atoms with E-state index in [-0.39, 0.29) is 6.10 Å². The summed E-state index contributed by atoms with van der Waals surface area (Å²) < 4.78 is 29.9. The Balaban J connectivity index is 1.64. The van der Waals surface area contributed by atoms with Gasteiger partial charge in [0.1, 0.15) is 11.9 Å². The fourth-order valence-corrected chi connectivity index (χ4v) is 4.38. The van der Waals surface area contributed by atoms with Crippen LogP contribution in [0.1, 0.15) is 6.42 Å². The molecule has 0 N–H and O–H groups in total. The summed E-state index contributed by atoms with van der Waals surface area (Å²) in [5.41, 5.74) is 0. The number of rotatable bonds is 9. The second-order valence-corrected chi connectivity index (χ2v) is 8.01. The molecule has 0 radical (unpaired) electrons. The van der Waals surface area contributed by atoms with Gasteiger partial charge in [0.15, 0.2) is 0 Å². The highest BCUT2D eigenvalue weighted by Crippen LogP contribution is 2.46. The van der Waals surface area contributed by atoms with Crippen LogP contribution in [-0.2, 0) is 14.0 Å². The number of hydrogen-bond acceptors (Lipinski definition) is 4. The van der Waals surface area contributed by atoms with Gasteiger partial charge in [0.05, 0.1) is 13.2 Å². The summed E-state index contributed by atoms with van der Waals surface area (Å²) in [7, 11) is -2.95. The largest absolute Gasteiger partial charge is 0.440 e. The van der Waals surface area contributed by atoms with Crippen molar-refractivity contribution in [2.45, 2.75) is 12.5 Å². The van der Waals surface area contributed by atoms with Gasteiger partial charge in [-0.25, -0.2) is 0 Å². The maximum Gasteiger partial charge on any atom is 0.277 e. The van der Waals surface area contributed by atoms with Gasteiger partial charge >= 0.3 is 0 Å². The van der Waals surface area contributed by atoms with E-state index in [0.717, 1.165) is 11.9 Å². The summed E-state index contributed by atoms with van der Waals surface area (Å²) in [6, 6.07) is 18.7. The lowest BCUT2D eigenvalue weighted by molar-refractivity contribution is 0.117. The van der Waals surface area contributed by atoms with Crippen LogP contribution < -0.4 is 9.83 Å². The molecule has 0 aromatic heterocycles. The minimum Gasteiger partial charge on any atom is -0.440 e. The van der Waals surface area contributed by atoms with Crippen LogP contribution in [0.15, 0.2) is 60.7 Å². The Bertz CT molecular complexity index is 641. The second kappa shape index (κ2) is 7.78. The minimum atomic E-state index is -2.95. The SMILES string of the molecule is O=P(CCCOCC1CO1)(Oc1ccccc1)c1ccccc1. The zero-order chi connectivity index (χ0) is 16.0. The van der Waals surface area contributed by atoms with Crippen molar-refractivity contribution >= 4 is 12.7 Å². The van der Waals surface area contributed by atoms with E-state index in [9.17, 15) is 4.57 Å². The van der Waals surface area contributed by atoms with E-state index in [1.54, 1.807) is 0 Å². The molecule has 1 saturated heterocycles. The van der Waals surface area contributed by atoms with Crippen molar-refractivity contribution in [1.82, 2.24) is 0 Å². The Labute approximate surface area is 136 Å². The van der Waals surface area contributed by atoms with E-state index in [4.69, 9.17) is 14.0 Å². The molecule has 3 rings (SSSR count). The van der Waals surface area contributed by atoms with Crippen molar-refractivity contribution in [1.29, 1.82) is 0 Å². The Morgan fingerprint density at radius 3 is 2.35 bits per heavy atom. The number of ether oxygens (including phenoxy) is 2. The van der Waals surface area contributed by atoms with E-state index >= 15 is 0 Å². The molecule has 1 aliphatic heterocycles. The molecule has 2 atom stereocenters. The first kappa shape index (κ1) is 16.3. The monoisotopic (exact) mass is 332 g/mol. The van der Waals surface area contributed by atoms with Crippen molar-refractivity contribution in [2.75, 3.05) is 26.0 Å². The predicted molar refractivity (Wildman–Crippen MR) is 90.8 cm³/mol. The molecule has 1 aliphatic rings. The zero-order valence-electron chi connectivity index (χ0n) is 13.0. The van der Waals surface area contributed by atoms with Crippen LogP contribution in [0, 0.1) is 0 Å². The van der Waals surface area contributed by atoms with Crippen LogP contribution in [0.5, 0.6) is 5.75 Å². The molecule has 4 nitrogen and oxygen atoms in total. The maximum atomic E-state index is 13.4. The molecule has 1 heterocycles. The summed E-state index contributed by atoms with van der Waals surface area (Å²) in [5, 5.41) is 0.745. The Kier molecular flexibility index (Phi) is 5.50. The lowest BCUT2D eigenvalue weighted by Crippen LogP contribution is -2.14. The van der Waals surface area contributed by atoms with Gasteiger partial charge in [-0.05, 0) is 30.7 Å². The fourth-order valence-electron chi connectivity index (χ4n) is 2.29. The summed E-state index contributed by atoms with van der Waals surface area (Å²) >= 11 is 0. The van der Waals surface area contributed by atoms with Crippen LogP contribution in [0.4, 0.5) is 0 Å². The molecular weight excluding hydrogens is 311 g/mol. The van der Waals surface area contributed by atoms with E-state index < -0.39 is 7.37 Å². The average Bonchev–Trinajstić information content (AvgIpc) is 3.41. The first-order valence-corrected chi connectivity index (χ1v) is 9.66. The fraction of sp³-hybridized carbons (Fsp3) is 0.333. The average molecular weight is 332 g/mol. The highest BCUT2D eigenvalue weighted by atomic mass is 31.2. The highest BCUT2D eigenvalue weighted by Gasteiger charge is 2.27. The second-order valence-electron chi connectivity index (χ2n) is 5.52. The van der Waals surface area contributed by atoms with Gasteiger partial charge < -0.3 is 14.0 Å². The van der Waals surface area contributed by atoms with Gasteiger partial charge in [-0.15, -0.1) is 0 Å². The number of para-hydroxylation sites is 1. The van der Waals surface area contributed by atoms with Gasteiger partial charge in [0.25, 0.3) is 7.37 Å². The van der Waals surface area contributed by atoms with E-state index in [1.807, 2.05) is 60.7 Å². The molecule has 1 fully saturated rings. The molecule has 0 spiro atoms. The minimum absolute atomic E-state index is 0.261. The molecule has 0 saturated carbocycles. The van der Waals surface area contributed by atoms with Crippen molar-refractivity contribution in [2.24, 2.45) is 0 Å². The lowest BCUT2D eigenvalue weighted by Gasteiger charge is -2.20. The van der Waals surface area contributed by atoms with E-state index in [0.29, 0.717) is 31.5 Å². The normalized spacial score (nSPS) is 19.0. The van der Waals surface area contributed by atoms with Gasteiger partial charge in [-0.3, -0.25) is 4.57 Å². The quantitative estimate of drug-likeness (QED) is 0.401. The number of hydrogen-bond donors (Lipinski definition) is 0. The van der Waals surface area contributed by atoms with Crippen LogP contribution in [0.3, 0.4) is 0 Å². The Morgan fingerprint density at radius 2 is 1.70 bits per heavy atom. The highest BCUT2D eigenvalue weighted by molar-refractivity contribution is 7.67. The standard InChI is InChI=1S/C18H21O4P/c19-23(18-10-5-2-6-11-18,22-16-8-3-1-4-9-16)13-7-12-20-14-17-15-21-17/h1-6,8-11,17H,7,12-15H2. The van der Waals surface area contributed by atoms with Crippen LogP contribution in [0.25, 0.3) is 0 Å². The first-order chi connectivity index (χ1) is 11.3. The zero-order valence-corrected chi connectivity index (χ0v) is 13.9. The summed E-state index contributed by atoms with van der Waals surface area (Å²) in [4.78, 5) is 0. The smallest absolute Gasteiger partial charge is 0.277 e. The molecule has 0 aliphatic carbocycles.